The summed E-state index contributed by atoms with van der Waals surface area (Å²) in [4.78, 5) is 0. The summed E-state index contributed by atoms with van der Waals surface area (Å²) in [5.41, 5.74) is 6.50. The highest BCUT2D eigenvalue weighted by molar-refractivity contribution is 6.17. The van der Waals surface area contributed by atoms with Gasteiger partial charge in [0.15, 0.2) is 0 Å². The maximum absolute atomic E-state index is 12.7. The summed E-state index contributed by atoms with van der Waals surface area (Å²) in [5.74, 6) is -1.44. The van der Waals surface area contributed by atoms with Crippen LogP contribution in [0.25, 0.3) is 0 Å². The summed E-state index contributed by atoms with van der Waals surface area (Å²) < 4.78 is 38.0. The van der Waals surface area contributed by atoms with Crippen LogP contribution in [0.15, 0.2) is 30.3 Å². The van der Waals surface area contributed by atoms with Crippen LogP contribution in [-0.2, 0) is 0 Å². The Bertz CT molecular complexity index is 326. The summed E-state index contributed by atoms with van der Waals surface area (Å²) in [5, 5.41) is 0. The molecule has 5 heteroatoms. The monoisotopic (exact) mass is 265 g/mol. The first-order chi connectivity index (χ1) is 7.95. The number of hydrogen-bond donors (Lipinski definition) is 1. The molecule has 0 fully saturated rings. The van der Waals surface area contributed by atoms with Crippen molar-refractivity contribution in [2.75, 3.05) is 5.88 Å². The lowest BCUT2D eigenvalue weighted by atomic mass is 9.93. The van der Waals surface area contributed by atoms with Gasteiger partial charge in [0.05, 0.1) is 5.92 Å². The van der Waals surface area contributed by atoms with Crippen LogP contribution in [0, 0.1) is 5.92 Å². The SMILES string of the molecule is N[C@H](C[C@H](CCCl)C(F)(F)F)c1ccccc1. The number of benzene rings is 1. The van der Waals surface area contributed by atoms with E-state index in [9.17, 15) is 13.2 Å². The van der Waals surface area contributed by atoms with Crippen molar-refractivity contribution in [2.24, 2.45) is 11.7 Å². The van der Waals surface area contributed by atoms with E-state index in [2.05, 4.69) is 0 Å². The molecule has 17 heavy (non-hydrogen) atoms. The molecule has 0 spiro atoms. The lowest BCUT2D eigenvalue weighted by Gasteiger charge is -2.23. The standard InChI is InChI=1S/C12H15ClF3N/c13-7-6-10(12(14,15)16)8-11(17)9-4-2-1-3-5-9/h1-5,10-11H,6-8,17H2/t10-,11+/m0/s1. The third kappa shape index (κ3) is 4.56. The fourth-order valence-corrected chi connectivity index (χ4v) is 1.95. The van der Waals surface area contributed by atoms with Crippen molar-refractivity contribution in [1.29, 1.82) is 0 Å². The number of nitrogens with two attached hydrogens (primary N) is 1. The molecule has 2 atom stereocenters. The zero-order valence-electron chi connectivity index (χ0n) is 9.25. The van der Waals surface area contributed by atoms with Crippen LogP contribution in [0.1, 0.15) is 24.4 Å². The van der Waals surface area contributed by atoms with Crippen molar-refractivity contribution in [3.8, 4) is 0 Å². The normalized spacial score (nSPS) is 15.6. The Hall–Kier alpha value is -0.740. The Morgan fingerprint density at radius 3 is 2.24 bits per heavy atom. The summed E-state index contributed by atoms with van der Waals surface area (Å²) in [7, 11) is 0. The van der Waals surface area contributed by atoms with Gasteiger partial charge in [-0.1, -0.05) is 30.3 Å². The Morgan fingerprint density at radius 2 is 1.76 bits per heavy atom. The molecular weight excluding hydrogens is 251 g/mol. The second-order valence-electron chi connectivity index (χ2n) is 3.97. The zero-order chi connectivity index (χ0) is 12.9. The first-order valence-corrected chi connectivity index (χ1v) is 5.91. The minimum Gasteiger partial charge on any atom is -0.324 e. The minimum atomic E-state index is -4.23. The maximum Gasteiger partial charge on any atom is 0.391 e. The number of hydrogen-bond acceptors (Lipinski definition) is 1. The third-order valence-electron chi connectivity index (χ3n) is 2.69. The molecule has 96 valence electrons. The second-order valence-corrected chi connectivity index (χ2v) is 4.35. The highest BCUT2D eigenvalue weighted by atomic mass is 35.5. The molecule has 0 saturated carbocycles. The van der Waals surface area contributed by atoms with Gasteiger partial charge in [-0.3, -0.25) is 0 Å². The van der Waals surface area contributed by atoms with Crippen LogP contribution in [0.2, 0.25) is 0 Å². The van der Waals surface area contributed by atoms with E-state index in [1.54, 1.807) is 30.3 Å². The minimum absolute atomic E-state index is 0.00825. The number of rotatable bonds is 5. The smallest absolute Gasteiger partial charge is 0.324 e. The highest BCUT2D eigenvalue weighted by Crippen LogP contribution is 2.35. The average Bonchev–Trinajstić information content (AvgIpc) is 2.28. The van der Waals surface area contributed by atoms with E-state index in [-0.39, 0.29) is 18.7 Å². The van der Waals surface area contributed by atoms with Gasteiger partial charge in [-0.05, 0) is 18.4 Å². The van der Waals surface area contributed by atoms with Gasteiger partial charge < -0.3 is 5.73 Å². The third-order valence-corrected chi connectivity index (χ3v) is 2.90. The van der Waals surface area contributed by atoms with Gasteiger partial charge in [-0.25, -0.2) is 0 Å². The Labute approximate surface area is 104 Å². The average molecular weight is 266 g/mol. The molecule has 0 unspecified atom stereocenters. The van der Waals surface area contributed by atoms with Crippen LogP contribution in [0.4, 0.5) is 13.2 Å². The molecule has 1 aromatic carbocycles. The van der Waals surface area contributed by atoms with Gasteiger partial charge in [0, 0.05) is 11.9 Å². The molecule has 0 heterocycles. The molecule has 0 aliphatic rings. The molecule has 1 aromatic rings. The van der Waals surface area contributed by atoms with Gasteiger partial charge in [0.25, 0.3) is 0 Å². The first-order valence-electron chi connectivity index (χ1n) is 5.38. The van der Waals surface area contributed by atoms with Crippen LogP contribution in [0.3, 0.4) is 0 Å². The summed E-state index contributed by atoms with van der Waals surface area (Å²) in [6.07, 6.45) is -4.45. The lowest BCUT2D eigenvalue weighted by Crippen LogP contribution is -2.27. The van der Waals surface area contributed by atoms with Crippen LogP contribution < -0.4 is 5.73 Å². The molecular formula is C12H15ClF3N. The molecule has 2 N–H and O–H groups in total. The largest absolute Gasteiger partial charge is 0.391 e. The van der Waals surface area contributed by atoms with Crippen LogP contribution in [0.5, 0.6) is 0 Å². The van der Waals surface area contributed by atoms with E-state index in [1.807, 2.05) is 0 Å². The summed E-state index contributed by atoms with van der Waals surface area (Å²) in [6, 6.07) is 8.19. The molecule has 1 rings (SSSR count). The predicted octanol–water partition coefficient (Wildman–Crippen LogP) is 3.88. The van der Waals surface area contributed by atoms with Crippen LogP contribution in [-0.4, -0.2) is 12.1 Å². The van der Waals surface area contributed by atoms with Gasteiger partial charge >= 0.3 is 6.18 Å². The molecule has 0 radical (unpaired) electrons. The van der Waals surface area contributed by atoms with Crippen molar-refractivity contribution < 1.29 is 13.2 Å². The molecule has 0 saturated heterocycles. The van der Waals surface area contributed by atoms with E-state index < -0.39 is 18.1 Å². The zero-order valence-corrected chi connectivity index (χ0v) is 10.0. The maximum atomic E-state index is 12.7. The second kappa shape index (κ2) is 6.26. The van der Waals surface area contributed by atoms with E-state index in [0.29, 0.717) is 0 Å². The number of alkyl halides is 4. The van der Waals surface area contributed by atoms with Gasteiger partial charge in [0.1, 0.15) is 0 Å². The molecule has 0 aliphatic heterocycles. The van der Waals surface area contributed by atoms with Crippen molar-refractivity contribution in [3.63, 3.8) is 0 Å². The lowest BCUT2D eigenvalue weighted by molar-refractivity contribution is -0.178. The van der Waals surface area contributed by atoms with Gasteiger partial charge in [0.2, 0.25) is 0 Å². The summed E-state index contributed by atoms with van der Waals surface area (Å²) >= 11 is 5.39. The molecule has 0 aromatic heterocycles. The molecule has 1 nitrogen and oxygen atoms in total. The van der Waals surface area contributed by atoms with Gasteiger partial charge in [-0.15, -0.1) is 11.6 Å². The Morgan fingerprint density at radius 1 is 1.18 bits per heavy atom. The first kappa shape index (κ1) is 14.3. The van der Waals surface area contributed by atoms with Crippen molar-refractivity contribution >= 4 is 11.6 Å². The fourth-order valence-electron chi connectivity index (χ4n) is 1.69. The molecule has 0 bridgehead atoms. The Balaban J connectivity index is 2.68. The van der Waals surface area contributed by atoms with E-state index in [0.717, 1.165) is 5.56 Å². The Kier molecular flexibility index (Phi) is 5.28. The highest BCUT2D eigenvalue weighted by Gasteiger charge is 2.39. The van der Waals surface area contributed by atoms with Crippen LogP contribution >= 0.6 is 11.6 Å². The topological polar surface area (TPSA) is 26.0 Å². The quantitative estimate of drug-likeness (QED) is 0.803. The van der Waals surface area contributed by atoms with Crippen molar-refractivity contribution in [2.45, 2.75) is 25.1 Å². The van der Waals surface area contributed by atoms with Crippen molar-refractivity contribution in [3.05, 3.63) is 35.9 Å². The molecule has 0 amide bonds. The fraction of sp³-hybridized carbons (Fsp3) is 0.500. The van der Waals surface area contributed by atoms with E-state index in [4.69, 9.17) is 17.3 Å². The van der Waals surface area contributed by atoms with E-state index >= 15 is 0 Å². The number of halogens is 4. The summed E-state index contributed by atoms with van der Waals surface area (Å²) in [6.45, 7) is 0. The predicted molar refractivity (Wildman–Crippen MR) is 62.9 cm³/mol. The van der Waals surface area contributed by atoms with Gasteiger partial charge in [-0.2, -0.15) is 13.2 Å². The van der Waals surface area contributed by atoms with E-state index in [1.165, 1.54) is 0 Å². The molecule has 0 aliphatic carbocycles. The van der Waals surface area contributed by atoms with Crippen molar-refractivity contribution in [1.82, 2.24) is 0 Å².